The van der Waals surface area contributed by atoms with Crippen molar-refractivity contribution in [1.82, 2.24) is 10.3 Å². The van der Waals surface area contributed by atoms with E-state index in [9.17, 15) is 29.8 Å². The number of anilines is 1. The third-order valence-electron chi connectivity index (χ3n) is 4.76. The van der Waals surface area contributed by atoms with Gasteiger partial charge >= 0.3 is 5.69 Å². The van der Waals surface area contributed by atoms with Crippen LogP contribution in [-0.4, -0.2) is 37.4 Å². The summed E-state index contributed by atoms with van der Waals surface area (Å²) in [5.74, 6) is -0.705. The largest absolute Gasteiger partial charge is 0.300 e. The molecule has 2 aromatic rings. The van der Waals surface area contributed by atoms with Crippen molar-refractivity contribution >= 4 is 63.3 Å². The van der Waals surface area contributed by atoms with Gasteiger partial charge in [0.15, 0.2) is 0 Å². The van der Waals surface area contributed by atoms with E-state index in [1.165, 1.54) is 16.7 Å². The van der Waals surface area contributed by atoms with E-state index in [-0.39, 0.29) is 24.6 Å². The first kappa shape index (κ1) is 24.8. The van der Waals surface area contributed by atoms with Crippen LogP contribution in [0.3, 0.4) is 0 Å². The van der Waals surface area contributed by atoms with E-state index in [1.807, 2.05) is 31.2 Å². The zero-order chi connectivity index (χ0) is 24.8. The van der Waals surface area contributed by atoms with Crippen molar-refractivity contribution in [2.24, 2.45) is 0 Å². The van der Waals surface area contributed by atoms with Crippen molar-refractivity contribution < 1.29 is 19.4 Å². The molecule has 0 aromatic heterocycles. The number of hydrazine groups is 1. The first-order valence-corrected chi connectivity index (χ1v) is 11.2. The quantitative estimate of drug-likeness (QED) is 0.226. The molecule has 0 bridgehead atoms. The van der Waals surface area contributed by atoms with Crippen LogP contribution in [0, 0.1) is 27.2 Å². The predicted molar refractivity (Wildman–Crippen MR) is 132 cm³/mol. The molecule has 1 fully saturated rings. The van der Waals surface area contributed by atoms with E-state index in [2.05, 4.69) is 10.9 Å². The predicted octanol–water partition coefficient (Wildman–Crippen LogP) is 3.94. The van der Waals surface area contributed by atoms with Gasteiger partial charge in [0.2, 0.25) is 5.91 Å². The van der Waals surface area contributed by atoms with E-state index >= 15 is 0 Å². The van der Waals surface area contributed by atoms with Gasteiger partial charge in [-0.25, -0.2) is 0 Å². The normalized spacial score (nSPS) is 14.4. The van der Waals surface area contributed by atoms with Crippen LogP contribution < -0.4 is 10.9 Å². The van der Waals surface area contributed by atoms with E-state index < -0.39 is 27.1 Å². The first-order chi connectivity index (χ1) is 16.2. The van der Waals surface area contributed by atoms with E-state index in [0.29, 0.717) is 15.6 Å². The Hall–Kier alpha value is -3.84. The summed E-state index contributed by atoms with van der Waals surface area (Å²) in [6, 6.07) is 10.7. The number of nitrogens with one attached hydrogen (secondary N) is 2. The van der Waals surface area contributed by atoms with Gasteiger partial charge in [-0.05, 0) is 31.1 Å². The summed E-state index contributed by atoms with van der Waals surface area (Å²) < 4.78 is 0.406. The third-order valence-corrected chi connectivity index (χ3v) is 6.14. The highest BCUT2D eigenvalue weighted by Gasteiger charge is 2.31. The van der Waals surface area contributed by atoms with Crippen molar-refractivity contribution in [3.8, 4) is 0 Å². The fraction of sp³-hybridized carbons (Fsp3) is 0.190. The minimum Gasteiger partial charge on any atom is -0.293 e. The number of non-ortho nitro benzene ring substituents is 1. The minimum absolute atomic E-state index is 0.0157. The number of thiocarbonyl (C=S) groups is 1. The maximum atomic E-state index is 12.7. The summed E-state index contributed by atoms with van der Waals surface area (Å²) in [6.07, 6.45) is 2.09. The molecule has 0 unspecified atom stereocenters. The molecule has 3 rings (SSSR count). The Bertz CT molecular complexity index is 1200. The van der Waals surface area contributed by atoms with Gasteiger partial charge in [-0.3, -0.25) is 45.6 Å². The van der Waals surface area contributed by atoms with Crippen molar-refractivity contribution in [3.63, 3.8) is 0 Å². The van der Waals surface area contributed by atoms with Crippen LogP contribution in [0.15, 0.2) is 47.4 Å². The molecule has 0 saturated carbocycles. The Kier molecular flexibility index (Phi) is 7.91. The van der Waals surface area contributed by atoms with Gasteiger partial charge in [0.1, 0.15) is 10.0 Å². The molecule has 1 saturated heterocycles. The molecule has 0 atom stereocenters. The highest BCUT2D eigenvalue weighted by Crippen LogP contribution is 2.33. The molecule has 34 heavy (non-hydrogen) atoms. The van der Waals surface area contributed by atoms with Crippen LogP contribution >= 0.6 is 24.0 Å². The molecule has 11 nitrogen and oxygen atoms in total. The molecule has 1 aliphatic rings. The number of thioether (sulfide) groups is 1. The van der Waals surface area contributed by atoms with Crippen molar-refractivity contribution in [2.75, 3.05) is 12.0 Å². The molecule has 0 spiro atoms. The number of benzene rings is 2. The molecule has 1 heterocycles. The lowest BCUT2D eigenvalue weighted by atomic mass is 10.1. The Morgan fingerprint density at radius 2 is 1.85 bits per heavy atom. The van der Waals surface area contributed by atoms with Crippen molar-refractivity contribution in [1.29, 1.82) is 0 Å². The number of rotatable bonds is 9. The van der Waals surface area contributed by atoms with Crippen LogP contribution in [0.1, 0.15) is 24.0 Å². The fourth-order valence-electron chi connectivity index (χ4n) is 2.99. The minimum atomic E-state index is -0.791. The van der Waals surface area contributed by atoms with Crippen LogP contribution in [0.4, 0.5) is 17.1 Å². The third kappa shape index (κ3) is 6.14. The number of amides is 2. The Morgan fingerprint density at radius 1 is 1.15 bits per heavy atom. The number of aryl methyl sites for hydroxylation is 1. The van der Waals surface area contributed by atoms with Gasteiger partial charge in [0, 0.05) is 19.0 Å². The van der Waals surface area contributed by atoms with E-state index in [0.717, 1.165) is 29.3 Å². The van der Waals surface area contributed by atoms with Crippen LogP contribution in [0.25, 0.3) is 6.08 Å². The number of carbonyl (C=O) groups excluding carboxylic acids is 2. The Balaban J connectivity index is 1.52. The van der Waals surface area contributed by atoms with Crippen LogP contribution in [-0.2, 0) is 9.59 Å². The van der Waals surface area contributed by atoms with Crippen LogP contribution in [0.5, 0.6) is 0 Å². The van der Waals surface area contributed by atoms with Gasteiger partial charge in [0.25, 0.3) is 11.6 Å². The van der Waals surface area contributed by atoms with Gasteiger partial charge < -0.3 is 0 Å². The number of nitro groups is 2. The molecule has 0 aliphatic carbocycles. The summed E-state index contributed by atoms with van der Waals surface area (Å²) in [4.78, 5) is 47.2. The van der Waals surface area contributed by atoms with Gasteiger partial charge in [-0.2, -0.15) is 0 Å². The highest BCUT2D eigenvalue weighted by molar-refractivity contribution is 8.26. The fourth-order valence-corrected chi connectivity index (χ4v) is 4.30. The van der Waals surface area contributed by atoms with Gasteiger partial charge in [-0.15, -0.1) is 0 Å². The van der Waals surface area contributed by atoms with Gasteiger partial charge in [-0.1, -0.05) is 53.8 Å². The summed E-state index contributed by atoms with van der Waals surface area (Å²) in [5.41, 5.74) is 5.64. The molecule has 1 aliphatic heterocycles. The molecule has 13 heteroatoms. The first-order valence-electron chi connectivity index (χ1n) is 9.95. The molecule has 2 N–H and O–H groups in total. The second-order valence-corrected chi connectivity index (χ2v) is 8.91. The Labute approximate surface area is 203 Å². The lowest BCUT2D eigenvalue weighted by Gasteiger charge is -2.14. The van der Waals surface area contributed by atoms with Crippen molar-refractivity contribution in [3.05, 3.63) is 78.7 Å². The molecule has 0 radical (unpaired) electrons. The van der Waals surface area contributed by atoms with Crippen LogP contribution in [0.2, 0.25) is 0 Å². The van der Waals surface area contributed by atoms with Gasteiger partial charge in [0.05, 0.1) is 20.8 Å². The standard InChI is InChI=1S/C21H19N5O6S2/c1-13-4-6-14(7-5-13)11-18-20(28)24(21(33)34-18)10-2-3-19(27)23-22-16-9-8-15(25(29)30)12-17(16)26(31)32/h4-9,11-12,22H,2-3,10H2,1H3,(H,23,27)/b18-11-. The molecule has 2 amide bonds. The second kappa shape index (κ2) is 10.9. The summed E-state index contributed by atoms with van der Waals surface area (Å²) in [7, 11) is 0. The average Bonchev–Trinajstić information content (AvgIpc) is 3.06. The smallest absolute Gasteiger partial charge is 0.293 e. The lowest BCUT2D eigenvalue weighted by Crippen LogP contribution is -2.32. The van der Waals surface area contributed by atoms with E-state index in [4.69, 9.17) is 12.2 Å². The average molecular weight is 502 g/mol. The molecular formula is C21H19N5O6S2. The molecular weight excluding hydrogens is 482 g/mol. The maximum absolute atomic E-state index is 12.7. The maximum Gasteiger partial charge on any atom is 0.300 e. The number of hydrogen-bond acceptors (Lipinski definition) is 9. The van der Waals surface area contributed by atoms with Crippen molar-refractivity contribution in [2.45, 2.75) is 19.8 Å². The SMILES string of the molecule is Cc1ccc(/C=C2\SC(=S)N(CCCC(=O)NNc3ccc([N+](=O)[O-])cc3[N+](=O)[O-])C2=O)cc1. The molecule has 2 aromatic carbocycles. The number of hydrogen-bond donors (Lipinski definition) is 2. The number of nitrogens with zero attached hydrogens (tertiary/aromatic N) is 3. The molecule has 176 valence electrons. The topological polar surface area (TPSA) is 148 Å². The Morgan fingerprint density at radius 3 is 2.50 bits per heavy atom. The lowest BCUT2D eigenvalue weighted by molar-refractivity contribution is -0.393. The number of nitro benzene ring substituents is 2. The monoisotopic (exact) mass is 501 g/mol. The summed E-state index contributed by atoms with van der Waals surface area (Å²) >= 11 is 6.49. The zero-order valence-electron chi connectivity index (χ0n) is 17.8. The zero-order valence-corrected chi connectivity index (χ0v) is 19.5. The number of carbonyl (C=O) groups is 2. The van der Waals surface area contributed by atoms with E-state index in [1.54, 1.807) is 6.08 Å². The second-order valence-electron chi connectivity index (χ2n) is 7.24. The summed E-state index contributed by atoms with van der Waals surface area (Å²) in [6.45, 7) is 2.21. The summed E-state index contributed by atoms with van der Waals surface area (Å²) in [5, 5.41) is 22.0. The highest BCUT2D eigenvalue weighted by atomic mass is 32.2.